The van der Waals surface area contributed by atoms with Crippen LogP contribution in [-0.2, 0) is 24.5 Å². The molecule has 3 aliphatic rings. The van der Waals surface area contributed by atoms with E-state index in [2.05, 4.69) is 5.92 Å². The van der Waals surface area contributed by atoms with E-state index in [0.717, 1.165) is 0 Å². The van der Waals surface area contributed by atoms with Gasteiger partial charge in [-0.25, -0.2) is 4.79 Å². The highest BCUT2D eigenvalue weighted by molar-refractivity contribution is 6.19. The smallest absolute Gasteiger partial charge is 0.341 e. The molecule has 1 aromatic carbocycles. The van der Waals surface area contributed by atoms with Gasteiger partial charge in [-0.15, -0.1) is 6.42 Å². The molecule has 2 heterocycles. The van der Waals surface area contributed by atoms with Crippen LogP contribution < -0.4 is 10.5 Å². The molecule has 0 saturated heterocycles. The largest absolute Gasteiger partial charge is 0.462 e. The van der Waals surface area contributed by atoms with E-state index in [1.807, 2.05) is 13.8 Å². The maximum atomic E-state index is 14.1. The molecule has 0 bridgehead atoms. The summed E-state index contributed by atoms with van der Waals surface area (Å²) in [4.78, 5) is 42.2. The highest BCUT2D eigenvalue weighted by atomic mass is 16.5. The van der Waals surface area contributed by atoms with E-state index in [4.69, 9.17) is 21.6 Å². The SMILES string of the molecule is C#CCN1C(=O)[C@@]2(C(C(=O)OCC)=C(N)Oc3ccccc32)C2=C1CC(C)(C)CC2=O. The van der Waals surface area contributed by atoms with E-state index in [-0.39, 0.29) is 47.8 Å². The molecule has 7 nitrogen and oxygen atoms in total. The summed E-state index contributed by atoms with van der Waals surface area (Å²) in [7, 11) is 0. The van der Waals surface area contributed by atoms with E-state index < -0.39 is 17.3 Å². The number of fused-ring (bicyclic) bond motifs is 3. The first-order valence-corrected chi connectivity index (χ1v) is 10.2. The summed E-state index contributed by atoms with van der Waals surface area (Å²) in [5.41, 5.74) is 5.09. The standard InChI is InChI=1S/C24H24N2O5/c1-5-11-26-15-12-23(3,4)13-16(27)18(15)24(22(26)29)14-9-7-8-10-17(14)31-20(25)19(24)21(28)30-6-2/h1,7-10H,6,11-13,25H2,2-4H3/t24-/m1/s1. The molecule has 4 rings (SSSR count). The average molecular weight is 420 g/mol. The van der Waals surface area contributed by atoms with Crippen LogP contribution in [0.3, 0.4) is 0 Å². The van der Waals surface area contributed by atoms with Gasteiger partial charge >= 0.3 is 5.97 Å². The zero-order chi connectivity index (χ0) is 22.6. The lowest BCUT2D eigenvalue weighted by Crippen LogP contribution is -2.49. The Morgan fingerprint density at radius 1 is 1.29 bits per heavy atom. The van der Waals surface area contributed by atoms with Gasteiger partial charge in [-0.1, -0.05) is 38.0 Å². The second kappa shape index (κ2) is 7.02. The van der Waals surface area contributed by atoms with Crippen LogP contribution in [-0.4, -0.2) is 35.7 Å². The molecule has 0 saturated carbocycles. The van der Waals surface area contributed by atoms with E-state index in [1.165, 1.54) is 4.90 Å². The molecule has 2 aliphatic heterocycles. The number of ketones is 1. The normalized spacial score (nSPS) is 24.0. The van der Waals surface area contributed by atoms with Crippen molar-refractivity contribution in [2.75, 3.05) is 13.2 Å². The number of benzene rings is 1. The third-order valence-corrected chi connectivity index (χ3v) is 5.98. The van der Waals surface area contributed by atoms with Gasteiger partial charge in [0.2, 0.25) is 11.8 Å². The number of amides is 1. The fourth-order valence-electron chi connectivity index (χ4n) is 4.93. The second-order valence-corrected chi connectivity index (χ2v) is 8.67. The highest BCUT2D eigenvalue weighted by Crippen LogP contribution is 2.57. The Labute approximate surface area is 180 Å². The molecule has 1 aromatic rings. The molecule has 1 aliphatic carbocycles. The summed E-state index contributed by atoms with van der Waals surface area (Å²) in [5, 5.41) is 0. The third kappa shape index (κ3) is 2.78. The molecule has 0 fully saturated rings. The van der Waals surface area contributed by atoms with E-state index in [1.54, 1.807) is 31.2 Å². The van der Waals surface area contributed by atoms with Gasteiger partial charge in [-0.2, -0.15) is 0 Å². The van der Waals surface area contributed by atoms with Crippen molar-refractivity contribution in [3.05, 3.63) is 52.6 Å². The van der Waals surface area contributed by atoms with Crippen LogP contribution in [0.15, 0.2) is 47.0 Å². The summed E-state index contributed by atoms with van der Waals surface area (Å²) in [6.07, 6.45) is 6.26. The van der Waals surface area contributed by atoms with E-state index in [0.29, 0.717) is 23.4 Å². The summed E-state index contributed by atoms with van der Waals surface area (Å²) in [5.74, 6) is 1.07. The Kier molecular flexibility index (Phi) is 4.69. The Bertz CT molecular complexity index is 1120. The lowest BCUT2D eigenvalue weighted by Gasteiger charge is -2.38. The first kappa shape index (κ1) is 20.7. The Morgan fingerprint density at radius 2 is 2.00 bits per heavy atom. The minimum absolute atomic E-state index is 0.0260. The lowest BCUT2D eigenvalue weighted by atomic mass is 9.63. The topological polar surface area (TPSA) is 98.9 Å². The molecular weight excluding hydrogens is 396 g/mol. The Hall–Kier alpha value is -3.53. The van der Waals surface area contributed by atoms with Crippen molar-refractivity contribution >= 4 is 17.7 Å². The number of rotatable bonds is 3. The number of nitrogens with two attached hydrogens (primary N) is 1. The fraction of sp³-hybridized carbons (Fsp3) is 0.375. The van der Waals surface area contributed by atoms with Crippen LogP contribution >= 0.6 is 0 Å². The van der Waals surface area contributed by atoms with Crippen molar-refractivity contribution in [2.45, 2.75) is 39.0 Å². The van der Waals surface area contributed by atoms with Crippen molar-refractivity contribution in [1.82, 2.24) is 4.90 Å². The van der Waals surface area contributed by atoms with Gasteiger partial charge in [-0.3, -0.25) is 9.59 Å². The zero-order valence-corrected chi connectivity index (χ0v) is 17.8. The van der Waals surface area contributed by atoms with Crippen molar-refractivity contribution in [3.8, 4) is 18.1 Å². The maximum absolute atomic E-state index is 14.1. The van der Waals surface area contributed by atoms with Crippen molar-refractivity contribution in [2.24, 2.45) is 11.1 Å². The molecule has 1 amide bonds. The van der Waals surface area contributed by atoms with Gasteiger partial charge < -0.3 is 20.1 Å². The predicted octanol–water partition coefficient (Wildman–Crippen LogP) is 2.17. The molecule has 31 heavy (non-hydrogen) atoms. The zero-order valence-electron chi connectivity index (χ0n) is 17.8. The summed E-state index contributed by atoms with van der Waals surface area (Å²) in [6, 6.07) is 6.79. The van der Waals surface area contributed by atoms with Gasteiger partial charge in [0, 0.05) is 23.3 Å². The van der Waals surface area contributed by atoms with Crippen LogP contribution in [0.2, 0.25) is 0 Å². The Balaban J connectivity index is 2.11. The molecule has 7 heteroatoms. The van der Waals surface area contributed by atoms with Crippen molar-refractivity contribution in [1.29, 1.82) is 0 Å². The number of hydrogen-bond donors (Lipinski definition) is 1. The third-order valence-electron chi connectivity index (χ3n) is 5.98. The van der Waals surface area contributed by atoms with Crippen molar-refractivity contribution in [3.63, 3.8) is 0 Å². The van der Waals surface area contributed by atoms with Crippen LogP contribution in [0, 0.1) is 17.8 Å². The number of hydrogen-bond acceptors (Lipinski definition) is 6. The molecule has 0 radical (unpaired) electrons. The molecule has 160 valence electrons. The number of para-hydroxylation sites is 1. The van der Waals surface area contributed by atoms with Crippen LogP contribution in [0.1, 0.15) is 39.2 Å². The molecule has 1 spiro atoms. The quantitative estimate of drug-likeness (QED) is 0.594. The highest BCUT2D eigenvalue weighted by Gasteiger charge is 2.65. The minimum Gasteiger partial charge on any atom is -0.462 e. The molecular formula is C24H24N2O5. The summed E-state index contributed by atoms with van der Waals surface area (Å²) in [6.45, 7) is 5.63. The number of carbonyl (C=O) groups is 3. The van der Waals surface area contributed by atoms with Gasteiger partial charge in [0.05, 0.1) is 13.2 Å². The number of allylic oxidation sites excluding steroid dienone is 1. The fourth-order valence-corrected chi connectivity index (χ4v) is 4.93. The molecule has 0 unspecified atom stereocenters. The second-order valence-electron chi connectivity index (χ2n) is 8.67. The van der Waals surface area contributed by atoms with E-state index in [9.17, 15) is 14.4 Å². The van der Waals surface area contributed by atoms with Gasteiger partial charge in [0.1, 0.15) is 16.7 Å². The van der Waals surface area contributed by atoms with Gasteiger partial charge in [0.15, 0.2) is 5.78 Å². The van der Waals surface area contributed by atoms with Gasteiger partial charge in [0.25, 0.3) is 0 Å². The first-order valence-electron chi connectivity index (χ1n) is 10.2. The number of esters is 1. The molecule has 0 aromatic heterocycles. The summed E-state index contributed by atoms with van der Waals surface area (Å²) >= 11 is 0. The Morgan fingerprint density at radius 3 is 2.68 bits per heavy atom. The average Bonchev–Trinajstić information content (AvgIpc) is 2.91. The number of Topliss-reactive ketones (excluding diaryl/α,β-unsaturated/α-hetero) is 1. The van der Waals surface area contributed by atoms with Crippen LogP contribution in [0.25, 0.3) is 0 Å². The lowest BCUT2D eigenvalue weighted by molar-refractivity contribution is -0.142. The number of nitrogens with zero attached hydrogens (tertiary/aromatic N) is 1. The first-order chi connectivity index (χ1) is 14.7. The monoisotopic (exact) mass is 420 g/mol. The molecule has 1 atom stereocenters. The van der Waals surface area contributed by atoms with Crippen molar-refractivity contribution < 1.29 is 23.9 Å². The number of terminal acetylenes is 1. The number of ether oxygens (including phenoxy) is 2. The molecule has 2 N–H and O–H groups in total. The number of carbonyl (C=O) groups excluding carboxylic acids is 3. The van der Waals surface area contributed by atoms with Gasteiger partial charge in [-0.05, 0) is 24.8 Å². The maximum Gasteiger partial charge on any atom is 0.341 e. The predicted molar refractivity (Wildman–Crippen MR) is 112 cm³/mol. The summed E-state index contributed by atoms with van der Waals surface area (Å²) < 4.78 is 11.0. The van der Waals surface area contributed by atoms with E-state index >= 15 is 0 Å². The van der Waals surface area contributed by atoms with Crippen LogP contribution in [0.5, 0.6) is 5.75 Å². The van der Waals surface area contributed by atoms with Crippen LogP contribution in [0.4, 0.5) is 0 Å². The minimum atomic E-state index is -1.75.